The van der Waals surface area contributed by atoms with Crippen molar-refractivity contribution in [1.82, 2.24) is 4.90 Å². The Morgan fingerprint density at radius 1 is 0.914 bits per heavy atom. The van der Waals surface area contributed by atoms with Gasteiger partial charge in [0.15, 0.2) is 0 Å². The first-order chi connectivity index (χ1) is 16.7. The summed E-state index contributed by atoms with van der Waals surface area (Å²) in [4.78, 5) is 2.42. The van der Waals surface area contributed by atoms with Crippen LogP contribution in [-0.4, -0.2) is 23.5 Å². The minimum absolute atomic E-state index is 0.0474. The van der Waals surface area contributed by atoms with Gasteiger partial charge in [0, 0.05) is 18.6 Å². The average Bonchev–Trinajstić information content (AvgIpc) is 2.85. The summed E-state index contributed by atoms with van der Waals surface area (Å²) in [5, 5.41) is 10.6. The average molecular weight is 485 g/mol. The van der Waals surface area contributed by atoms with E-state index in [9.17, 15) is 18.4 Å². The minimum atomic E-state index is -4.47. The highest BCUT2D eigenvalue weighted by Gasteiger charge is 2.46. The zero-order valence-corrected chi connectivity index (χ0v) is 21.3. The Hall–Kier alpha value is -2.32. The number of rotatable bonds is 10. The van der Waals surface area contributed by atoms with Crippen molar-refractivity contribution in [3.63, 3.8) is 0 Å². The molecule has 1 aliphatic carbocycles. The monoisotopic (exact) mass is 484 g/mol. The van der Waals surface area contributed by atoms with E-state index < -0.39 is 17.2 Å². The Morgan fingerprint density at radius 2 is 1.51 bits per heavy atom. The van der Waals surface area contributed by atoms with E-state index in [1.165, 1.54) is 11.6 Å². The molecule has 0 aliphatic heterocycles. The normalized spacial score (nSPS) is 17.8. The lowest BCUT2D eigenvalue weighted by Gasteiger charge is -2.41. The molecule has 0 saturated heterocycles. The summed E-state index contributed by atoms with van der Waals surface area (Å²) in [5.74, 6) is -0.0474. The van der Waals surface area contributed by atoms with Crippen molar-refractivity contribution in [2.45, 2.75) is 95.8 Å². The maximum atomic E-state index is 14.1. The fourth-order valence-electron chi connectivity index (χ4n) is 5.97. The molecule has 1 fully saturated rings. The number of hydrogen-bond acceptors (Lipinski definition) is 2. The van der Waals surface area contributed by atoms with Crippen molar-refractivity contribution in [3.05, 3.63) is 71.3 Å². The van der Waals surface area contributed by atoms with Crippen LogP contribution in [0.5, 0.6) is 0 Å². The number of benzene rings is 2. The molecule has 0 N–H and O–H groups in total. The molecule has 35 heavy (non-hydrogen) atoms. The van der Waals surface area contributed by atoms with Gasteiger partial charge in [-0.3, -0.25) is 4.90 Å². The molecule has 1 saturated carbocycles. The quantitative estimate of drug-likeness (QED) is 0.340. The van der Waals surface area contributed by atoms with Crippen LogP contribution in [0.2, 0.25) is 0 Å². The lowest BCUT2D eigenvalue weighted by molar-refractivity contribution is -0.138. The SMILES string of the molecule is CC(C)N(CCc1ccccc1)C(C)CCC(C#N)(c1ccccc1C(F)(F)F)C1CCCCC1. The molecule has 2 aromatic carbocycles. The molecule has 0 spiro atoms. The van der Waals surface area contributed by atoms with Gasteiger partial charge < -0.3 is 0 Å². The minimum Gasteiger partial charge on any atom is -0.298 e. The zero-order valence-electron chi connectivity index (χ0n) is 21.3. The Balaban J connectivity index is 1.87. The standard InChI is InChI=1S/C30H39F3N2/c1-23(2)35(21-19-25-12-6-4-7-13-25)24(3)18-20-29(22-34,26-14-8-5-9-15-26)27-16-10-11-17-28(27)30(31,32)33/h4,6-7,10-13,16-17,23-24,26H,5,8-9,14-15,18-21H2,1-3H3. The molecule has 2 aromatic rings. The number of hydrogen-bond donors (Lipinski definition) is 0. The molecule has 190 valence electrons. The van der Waals surface area contributed by atoms with E-state index in [0.29, 0.717) is 18.9 Å². The van der Waals surface area contributed by atoms with E-state index in [-0.39, 0.29) is 17.5 Å². The summed E-state index contributed by atoms with van der Waals surface area (Å²) in [6.45, 7) is 7.37. The second-order valence-corrected chi connectivity index (χ2v) is 10.4. The smallest absolute Gasteiger partial charge is 0.298 e. The first-order valence-corrected chi connectivity index (χ1v) is 13.1. The van der Waals surface area contributed by atoms with Gasteiger partial charge in [0.05, 0.1) is 17.0 Å². The Labute approximate surface area is 209 Å². The van der Waals surface area contributed by atoms with Gasteiger partial charge in [-0.15, -0.1) is 0 Å². The van der Waals surface area contributed by atoms with Gasteiger partial charge in [0.1, 0.15) is 0 Å². The summed E-state index contributed by atoms with van der Waals surface area (Å²) in [6, 6.07) is 19.1. The van der Waals surface area contributed by atoms with Gasteiger partial charge in [0.25, 0.3) is 0 Å². The summed E-state index contributed by atoms with van der Waals surface area (Å²) < 4.78 is 42.2. The van der Waals surface area contributed by atoms with Gasteiger partial charge in [-0.05, 0) is 76.0 Å². The van der Waals surface area contributed by atoms with Crippen molar-refractivity contribution in [1.29, 1.82) is 5.26 Å². The third kappa shape index (κ3) is 6.67. The van der Waals surface area contributed by atoms with Crippen LogP contribution in [0, 0.1) is 17.2 Å². The van der Waals surface area contributed by atoms with Crippen LogP contribution in [0.25, 0.3) is 0 Å². The lowest BCUT2D eigenvalue weighted by Crippen LogP contribution is -2.43. The third-order valence-electron chi connectivity index (χ3n) is 7.90. The predicted octanol–water partition coefficient (Wildman–Crippen LogP) is 8.17. The highest BCUT2D eigenvalue weighted by atomic mass is 19.4. The first-order valence-electron chi connectivity index (χ1n) is 13.1. The van der Waals surface area contributed by atoms with Crippen LogP contribution in [-0.2, 0) is 18.0 Å². The van der Waals surface area contributed by atoms with Gasteiger partial charge in [-0.1, -0.05) is 67.8 Å². The molecule has 2 unspecified atom stereocenters. The van der Waals surface area contributed by atoms with E-state index in [1.54, 1.807) is 12.1 Å². The van der Waals surface area contributed by atoms with Crippen LogP contribution >= 0.6 is 0 Å². The number of nitriles is 1. The van der Waals surface area contributed by atoms with Crippen LogP contribution in [0.15, 0.2) is 54.6 Å². The highest BCUT2D eigenvalue weighted by Crippen LogP contribution is 2.48. The second kappa shape index (κ2) is 12.1. The van der Waals surface area contributed by atoms with E-state index in [1.807, 2.05) is 18.2 Å². The van der Waals surface area contributed by atoms with Crippen molar-refractivity contribution < 1.29 is 13.2 Å². The van der Waals surface area contributed by atoms with E-state index in [0.717, 1.165) is 51.1 Å². The highest BCUT2D eigenvalue weighted by molar-refractivity contribution is 5.42. The Kier molecular flexibility index (Phi) is 9.41. The van der Waals surface area contributed by atoms with Crippen LogP contribution in [0.4, 0.5) is 13.2 Å². The fraction of sp³-hybridized carbons (Fsp3) is 0.567. The maximum Gasteiger partial charge on any atom is 0.416 e. The van der Waals surface area contributed by atoms with E-state index in [4.69, 9.17) is 0 Å². The third-order valence-corrected chi connectivity index (χ3v) is 7.90. The summed E-state index contributed by atoms with van der Waals surface area (Å²) in [6.07, 6.45) is 2.26. The largest absolute Gasteiger partial charge is 0.416 e. The van der Waals surface area contributed by atoms with E-state index in [2.05, 4.69) is 43.9 Å². The number of nitrogens with zero attached hydrogens (tertiary/aromatic N) is 2. The maximum absolute atomic E-state index is 14.1. The molecule has 2 nitrogen and oxygen atoms in total. The van der Waals surface area contributed by atoms with Gasteiger partial charge in [-0.2, -0.15) is 18.4 Å². The van der Waals surface area contributed by atoms with Crippen LogP contribution < -0.4 is 0 Å². The van der Waals surface area contributed by atoms with Crippen molar-refractivity contribution >= 4 is 0 Å². The molecule has 0 amide bonds. The molecule has 0 bridgehead atoms. The predicted molar refractivity (Wildman–Crippen MR) is 136 cm³/mol. The topological polar surface area (TPSA) is 27.0 Å². The molecule has 3 rings (SSSR count). The second-order valence-electron chi connectivity index (χ2n) is 10.4. The fourth-order valence-corrected chi connectivity index (χ4v) is 5.97. The van der Waals surface area contributed by atoms with Crippen molar-refractivity contribution in [2.75, 3.05) is 6.54 Å². The zero-order chi connectivity index (χ0) is 25.5. The summed E-state index contributed by atoms with van der Waals surface area (Å²) in [7, 11) is 0. The molecule has 2 atom stereocenters. The lowest BCUT2D eigenvalue weighted by atomic mass is 9.62. The molecule has 0 radical (unpaired) electrons. The van der Waals surface area contributed by atoms with E-state index >= 15 is 0 Å². The first kappa shape index (κ1) is 27.3. The van der Waals surface area contributed by atoms with Crippen molar-refractivity contribution in [2.24, 2.45) is 5.92 Å². The van der Waals surface area contributed by atoms with Gasteiger partial charge in [-0.25, -0.2) is 0 Å². The molecule has 5 heteroatoms. The molecule has 1 aliphatic rings. The summed E-state index contributed by atoms with van der Waals surface area (Å²) in [5.41, 5.74) is -0.319. The molecule has 0 aromatic heterocycles. The molecular weight excluding hydrogens is 445 g/mol. The number of halogens is 3. The van der Waals surface area contributed by atoms with Crippen molar-refractivity contribution in [3.8, 4) is 6.07 Å². The van der Waals surface area contributed by atoms with Crippen LogP contribution in [0.1, 0.15) is 82.4 Å². The Bertz CT molecular complexity index is 958. The van der Waals surface area contributed by atoms with Gasteiger partial charge >= 0.3 is 6.18 Å². The summed E-state index contributed by atoms with van der Waals surface area (Å²) >= 11 is 0. The van der Waals surface area contributed by atoms with Crippen LogP contribution in [0.3, 0.4) is 0 Å². The molecule has 0 heterocycles. The number of alkyl halides is 3. The molecular formula is C30H39F3N2. The van der Waals surface area contributed by atoms with Gasteiger partial charge in [0.2, 0.25) is 0 Å². The Morgan fingerprint density at radius 3 is 2.09 bits per heavy atom.